The highest BCUT2D eigenvalue weighted by atomic mass is 32.2. The fraction of sp³-hybridized carbons (Fsp3) is 0.945. The molecule has 5 aliphatic heterocycles. The third kappa shape index (κ3) is 44.4. The van der Waals surface area contributed by atoms with Crippen molar-refractivity contribution in [2.24, 2.45) is 78.8 Å². The number of carboxylic acids is 2. The van der Waals surface area contributed by atoms with Crippen LogP contribution in [0.15, 0.2) is 0 Å². The first-order valence-electron chi connectivity index (χ1n) is 35.4. The fourth-order valence-corrected chi connectivity index (χ4v) is 16.4. The zero-order valence-corrected chi connectivity index (χ0v) is 66.8. The van der Waals surface area contributed by atoms with Gasteiger partial charge in [-0.3, -0.25) is 19.2 Å². The van der Waals surface area contributed by atoms with E-state index in [4.69, 9.17) is 10.2 Å². The van der Waals surface area contributed by atoms with E-state index < -0.39 is 50.2 Å². The lowest BCUT2D eigenvalue weighted by atomic mass is 9.70. The number of aliphatic hydroxyl groups is 2. The second-order valence-corrected chi connectivity index (χ2v) is 40.9. The number of alkyl halides is 2. The summed E-state index contributed by atoms with van der Waals surface area (Å²) in [5, 5.41) is 42.8. The molecule has 0 bridgehead atoms. The van der Waals surface area contributed by atoms with Crippen LogP contribution < -0.4 is 15.4 Å². The van der Waals surface area contributed by atoms with Crippen molar-refractivity contribution in [3.63, 3.8) is 0 Å². The van der Waals surface area contributed by atoms with Crippen LogP contribution in [0, 0.1) is 78.8 Å². The van der Waals surface area contributed by atoms with Crippen molar-refractivity contribution >= 4 is 43.7 Å². The number of nitrogens with one attached hydrogen (secondary N) is 3. The van der Waals surface area contributed by atoms with Crippen LogP contribution in [0.2, 0.25) is 0 Å². The van der Waals surface area contributed by atoms with Gasteiger partial charge in [0.1, 0.15) is 23.9 Å². The van der Waals surface area contributed by atoms with E-state index in [1.807, 2.05) is 69.4 Å². The van der Waals surface area contributed by atoms with E-state index in [0.717, 1.165) is 103 Å². The number of hydrogen-bond acceptors (Lipinski definition) is 14. The minimum atomic E-state index is -3.60. The molecule has 5 heterocycles. The number of carbonyl (C=O) groups is 4. The quantitative estimate of drug-likeness (QED) is 0.119. The molecule has 1 saturated carbocycles. The monoisotopic (exact) mass is 1400 g/mol. The molecule has 8 atom stereocenters. The van der Waals surface area contributed by atoms with Crippen LogP contribution >= 0.6 is 0 Å². The number of amides is 1. The first kappa shape index (κ1) is 94.6. The molecule has 6 fully saturated rings. The van der Waals surface area contributed by atoms with Crippen molar-refractivity contribution < 1.29 is 65.2 Å². The number of carboxylic acid groups (broad SMARTS) is 2. The zero-order valence-electron chi connectivity index (χ0n) is 65.2. The Morgan fingerprint density at radius 2 is 0.895 bits per heavy atom. The van der Waals surface area contributed by atoms with Gasteiger partial charge in [0.25, 0.3) is 0 Å². The smallest absolute Gasteiger partial charge is 0.306 e. The molecule has 0 spiro atoms. The molecule has 5 saturated heterocycles. The molecule has 7 N–H and O–H groups in total. The number of rotatable bonds is 8. The van der Waals surface area contributed by atoms with E-state index in [1.54, 1.807) is 0 Å². The number of hydrogen-bond donors (Lipinski definition) is 7. The summed E-state index contributed by atoms with van der Waals surface area (Å²) in [5.74, 6) is -0.260. The van der Waals surface area contributed by atoms with Crippen LogP contribution in [0.1, 0.15) is 250 Å². The summed E-state index contributed by atoms with van der Waals surface area (Å²) in [6, 6.07) is 0. The van der Waals surface area contributed by atoms with Crippen LogP contribution in [0.5, 0.6) is 0 Å². The maximum absolute atomic E-state index is 13.6. The van der Waals surface area contributed by atoms with Gasteiger partial charge in [0, 0.05) is 45.7 Å². The lowest BCUT2D eigenvalue weighted by molar-refractivity contribution is -0.143. The van der Waals surface area contributed by atoms with Crippen LogP contribution in [0.4, 0.5) is 8.78 Å². The molecule has 18 nitrogen and oxygen atoms in total. The molecule has 22 heteroatoms. The van der Waals surface area contributed by atoms with Crippen molar-refractivity contribution in [2.45, 2.75) is 275 Å². The predicted octanol–water partition coefficient (Wildman–Crippen LogP) is 13.0. The van der Waals surface area contributed by atoms with E-state index in [9.17, 15) is 55.0 Å². The molecule has 6 rings (SSSR count). The first-order valence-corrected chi connectivity index (χ1v) is 38.7. The van der Waals surface area contributed by atoms with E-state index in [2.05, 4.69) is 136 Å². The van der Waals surface area contributed by atoms with Crippen LogP contribution in [-0.4, -0.2) is 191 Å². The van der Waals surface area contributed by atoms with Crippen LogP contribution in [0.3, 0.4) is 0 Å². The molecule has 0 radical (unpaired) electrons. The highest BCUT2D eigenvalue weighted by Crippen LogP contribution is 2.41. The molecular formula is C73H146F2N6O12S2. The van der Waals surface area contributed by atoms with Crippen molar-refractivity contribution in [2.75, 3.05) is 91.0 Å². The summed E-state index contributed by atoms with van der Waals surface area (Å²) in [6.07, 6.45) is 8.74. The van der Waals surface area contributed by atoms with Gasteiger partial charge >= 0.3 is 22.1 Å². The van der Waals surface area contributed by atoms with E-state index in [0.29, 0.717) is 49.3 Å². The van der Waals surface area contributed by atoms with E-state index in [1.165, 1.54) is 11.2 Å². The van der Waals surface area contributed by atoms with Crippen molar-refractivity contribution in [3.8, 4) is 0 Å². The summed E-state index contributed by atoms with van der Waals surface area (Å²) in [5.41, 5.74) is 0.554. The number of piperidine rings is 4. The minimum Gasteiger partial charge on any atom is -0.481 e. The maximum Gasteiger partial charge on any atom is 0.306 e. The molecule has 0 aromatic carbocycles. The van der Waals surface area contributed by atoms with E-state index in [-0.39, 0.29) is 98.0 Å². The summed E-state index contributed by atoms with van der Waals surface area (Å²) in [6.45, 7) is 58.9. The van der Waals surface area contributed by atoms with Gasteiger partial charge in [-0.25, -0.2) is 21.9 Å². The third-order valence-corrected chi connectivity index (χ3v) is 21.9. The highest BCUT2D eigenvalue weighted by Gasteiger charge is 2.39. The Hall–Kier alpha value is -2.44. The molecule has 0 aromatic heterocycles. The van der Waals surface area contributed by atoms with Crippen molar-refractivity contribution in [1.29, 1.82) is 0 Å². The summed E-state index contributed by atoms with van der Waals surface area (Å²) >= 11 is 0. The number of Topliss-reactive ketones (excluding diaryl/α,β-unsaturated/α-hetero) is 1. The molecule has 95 heavy (non-hydrogen) atoms. The number of likely N-dealkylation sites (tertiary alicyclic amines) is 2. The molecule has 0 aromatic rings. The van der Waals surface area contributed by atoms with Gasteiger partial charge < -0.3 is 40.9 Å². The summed E-state index contributed by atoms with van der Waals surface area (Å²) in [7, 11) is -2.72. The Morgan fingerprint density at radius 1 is 0.495 bits per heavy atom. The first-order chi connectivity index (χ1) is 42.5. The second kappa shape index (κ2) is 40.9. The van der Waals surface area contributed by atoms with Gasteiger partial charge in [-0.1, -0.05) is 166 Å². The number of β-amino-alcohol motifs (C(OH)–C–C–N with tert-alkyl or cyclic N) is 2. The Bertz CT molecular complexity index is 2370. The molecule has 6 aliphatic rings. The number of aliphatic hydroxyl groups excluding tert-OH is 2. The topological polar surface area (TPSA) is 263 Å². The standard InChI is InChI=1S/C11H20O2.C10H20FN.C10H20N2O3S.C10H21NO.C9H18FN.C9H19NO.C8H16O3S.C6H12O2/c1-11(2,3)9-6-4-8(5-7-9)10(12)13;1-10(2,3)8-5-6-12(4)7-9(8)11;1-10(2,3)8-9(13)11-16(14,15)12-6-4-5-7-12;1-10(2,3)8-5-6-11(4)7-9(8)12;1-9(2,3)7-4-5-11-6-8(7)10;1-9(2,3)7-4-5-10-6-8(7)11;1-7(9)5-12(10,11)6-8(2,3)4;1-6(2,3)4-5(7)8/h8-9H,4-7H2,1-3H3,(H,12,13);8-9H,5-7H2,1-4H3;4-8H2,1-3H3,(H,11,13);8-9,12H,5-7H2,1-4H3;7-8,11H,4-6H2,1-3H3;7-8,10-11H,4-6H2,1-3H3;5-6H2,1-4H3;4H2,1-3H3,(H,7,8). The van der Waals surface area contributed by atoms with Gasteiger partial charge in [0.2, 0.25) is 5.91 Å². The Kier molecular flexibility index (Phi) is 40.7. The zero-order chi connectivity index (χ0) is 74.9. The van der Waals surface area contributed by atoms with Crippen molar-refractivity contribution in [1.82, 2.24) is 29.5 Å². The largest absolute Gasteiger partial charge is 0.481 e. The Labute approximate surface area is 580 Å². The van der Waals surface area contributed by atoms with Gasteiger partial charge in [-0.15, -0.1) is 0 Å². The number of nitrogens with zero attached hydrogens (tertiary/aromatic N) is 3. The summed E-state index contributed by atoms with van der Waals surface area (Å²) < 4.78 is 76.2. The fourth-order valence-electron chi connectivity index (χ4n) is 13.1. The second-order valence-electron chi connectivity index (χ2n) is 37.2. The maximum atomic E-state index is 13.6. The Morgan fingerprint density at radius 3 is 1.21 bits per heavy atom. The number of aliphatic carboxylic acids is 2. The van der Waals surface area contributed by atoms with E-state index >= 15 is 0 Å². The third-order valence-electron chi connectivity index (χ3n) is 18.2. The molecular weight excluding hydrogens is 1250 g/mol. The van der Waals surface area contributed by atoms with Gasteiger partial charge in [0.05, 0.1) is 30.3 Å². The van der Waals surface area contributed by atoms with Crippen LogP contribution in [-0.2, 0) is 39.2 Å². The lowest BCUT2D eigenvalue weighted by Gasteiger charge is -2.41. The number of carbonyl (C=O) groups excluding carboxylic acids is 2. The number of ketones is 1. The molecule has 8 unspecified atom stereocenters. The predicted molar refractivity (Wildman–Crippen MR) is 388 cm³/mol. The molecule has 1 aliphatic carbocycles. The number of halogens is 2. The van der Waals surface area contributed by atoms with Gasteiger partial charge in [-0.2, -0.15) is 12.7 Å². The normalized spacial score (nSPS) is 26.2. The molecule has 566 valence electrons. The van der Waals surface area contributed by atoms with Crippen LogP contribution in [0.25, 0.3) is 0 Å². The van der Waals surface area contributed by atoms with Gasteiger partial charge in [0.15, 0.2) is 9.84 Å². The lowest BCUT2D eigenvalue weighted by Crippen LogP contribution is -2.46. The average Bonchev–Trinajstić information content (AvgIpc) is 1.22. The van der Waals surface area contributed by atoms with Gasteiger partial charge in [-0.05, 0) is 184 Å². The SMILES string of the molecule is CC(=O)CS(=O)(=O)CC(C)(C)C.CC(C)(C)C1CCC(C(=O)O)CC1.CC(C)(C)C1CCNCC1F.CC(C)(C)C1CCNCC1O.CC(C)(C)CC(=O)NS(=O)(=O)N1CCCC1.CC(C)(C)CC(=O)O.CN1CCC(C(C)(C)C)C(F)C1.CN1CCC(C(C)(C)C)C(O)C1. The van der Waals surface area contributed by atoms with Crippen molar-refractivity contribution in [3.05, 3.63) is 0 Å². The summed E-state index contributed by atoms with van der Waals surface area (Å²) in [4.78, 5) is 47.1. The molecule has 1 amide bonds. The Balaban J connectivity index is 0. The average molecular weight is 1400 g/mol. The number of sulfone groups is 1. The highest BCUT2D eigenvalue weighted by molar-refractivity contribution is 7.92. The number of likely N-dealkylation sites (N-methyl/N-ethyl adjacent to an activating group) is 1. The minimum absolute atomic E-state index is 0.0690.